The first-order chi connectivity index (χ1) is 7.26. The van der Waals surface area contributed by atoms with Crippen LogP contribution in [0.15, 0.2) is 15.6 Å². The van der Waals surface area contributed by atoms with Crippen LogP contribution in [-0.4, -0.2) is 17.7 Å². The molecule has 0 aliphatic carbocycles. The van der Waals surface area contributed by atoms with Crippen molar-refractivity contribution in [2.75, 3.05) is 6.54 Å². The summed E-state index contributed by atoms with van der Waals surface area (Å²) in [5, 5.41) is 6.81. The molecule has 4 N–H and O–H groups in total. The molecular weight excluding hydrogens is 194 g/mol. The van der Waals surface area contributed by atoms with Gasteiger partial charge in [0.2, 0.25) is 5.96 Å². The van der Waals surface area contributed by atoms with Crippen molar-refractivity contribution in [3.8, 4) is 0 Å². The van der Waals surface area contributed by atoms with Crippen LogP contribution in [0.1, 0.15) is 24.8 Å². The van der Waals surface area contributed by atoms with Crippen molar-refractivity contribution in [2.45, 2.75) is 26.8 Å². The Hall–Kier alpha value is -1.56. The highest BCUT2D eigenvalue weighted by atomic mass is 16.5. The lowest BCUT2D eigenvalue weighted by Crippen LogP contribution is -2.41. The van der Waals surface area contributed by atoms with E-state index >= 15 is 0 Å². The Bertz CT molecular complexity index is 320. The summed E-state index contributed by atoms with van der Waals surface area (Å²) in [6.07, 6.45) is 1.02. The molecule has 0 aliphatic heterocycles. The van der Waals surface area contributed by atoms with Crippen LogP contribution in [0, 0.1) is 6.92 Å². The van der Waals surface area contributed by atoms with E-state index in [0.717, 1.165) is 24.4 Å². The van der Waals surface area contributed by atoms with Crippen LogP contribution in [0.25, 0.3) is 0 Å². The van der Waals surface area contributed by atoms with Crippen molar-refractivity contribution in [1.82, 2.24) is 15.9 Å². The lowest BCUT2D eigenvalue weighted by atomic mass is 10.4. The van der Waals surface area contributed by atoms with E-state index in [2.05, 4.69) is 27.8 Å². The van der Waals surface area contributed by atoms with E-state index in [0.29, 0.717) is 12.5 Å². The molecule has 6 nitrogen and oxygen atoms in total. The molecule has 1 rings (SSSR count). The summed E-state index contributed by atoms with van der Waals surface area (Å²) in [5.41, 5.74) is 3.34. The molecule has 1 aromatic heterocycles. The maximum Gasteiger partial charge on any atom is 0.206 e. The molecule has 0 aliphatic rings. The van der Waals surface area contributed by atoms with Crippen LogP contribution in [0.5, 0.6) is 0 Å². The molecule has 1 heterocycles. The number of guanidine groups is 1. The average molecular weight is 211 g/mol. The van der Waals surface area contributed by atoms with Crippen LogP contribution in [0.3, 0.4) is 0 Å². The smallest absolute Gasteiger partial charge is 0.206 e. The maximum absolute atomic E-state index is 5.29. The van der Waals surface area contributed by atoms with Gasteiger partial charge in [0.05, 0.1) is 5.69 Å². The fourth-order valence-corrected chi connectivity index (χ4v) is 1.04. The SMILES string of the molecule is CCCNC(=NCc1cc(C)no1)NN. The van der Waals surface area contributed by atoms with Gasteiger partial charge >= 0.3 is 0 Å². The molecule has 15 heavy (non-hydrogen) atoms. The summed E-state index contributed by atoms with van der Waals surface area (Å²) in [6, 6.07) is 1.84. The fourth-order valence-electron chi connectivity index (χ4n) is 1.04. The van der Waals surface area contributed by atoms with Crippen molar-refractivity contribution in [3.05, 3.63) is 17.5 Å². The van der Waals surface area contributed by atoms with Crippen LogP contribution >= 0.6 is 0 Å². The van der Waals surface area contributed by atoms with Gasteiger partial charge in [-0.2, -0.15) is 0 Å². The minimum atomic E-state index is 0.428. The summed E-state index contributed by atoms with van der Waals surface area (Å²) in [7, 11) is 0. The summed E-state index contributed by atoms with van der Waals surface area (Å²) in [4.78, 5) is 4.20. The Morgan fingerprint density at radius 1 is 1.67 bits per heavy atom. The van der Waals surface area contributed by atoms with Gasteiger partial charge in [-0.05, 0) is 13.3 Å². The van der Waals surface area contributed by atoms with Crippen molar-refractivity contribution in [2.24, 2.45) is 10.8 Å². The number of aromatic nitrogens is 1. The van der Waals surface area contributed by atoms with Crippen molar-refractivity contribution < 1.29 is 4.52 Å². The molecule has 0 atom stereocenters. The van der Waals surface area contributed by atoms with Gasteiger partial charge < -0.3 is 9.84 Å². The van der Waals surface area contributed by atoms with Crippen LogP contribution in [0.2, 0.25) is 0 Å². The Labute approximate surface area is 88.9 Å². The molecule has 0 bridgehead atoms. The minimum Gasteiger partial charge on any atom is -0.359 e. The highest BCUT2D eigenvalue weighted by Gasteiger charge is 2.00. The van der Waals surface area contributed by atoms with Crippen molar-refractivity contribution >= 4 is 5.96 Å². The van der Waals surface area contributed by atoms with Gasteiger partial charge in [-0.15, -0.1) is 0 Å². The second kappa shape index (κ2) is 6.02. The normalized spacial score (nSPS) is 11.5. The maximum atomic E-state index is 5.29. The van der Waals surface area contributed by atoms with E-state index in [4.69, 9.17) is 10.4 Å². The standard InChI is InChI=1S/C9H17N5O/c1-3-4-11-9(13-10)12-6-8-5-7(2)14-15-8/h5H,3-4,6,10H2,1-2H3,(H2,11,12,13). The molecule has 0 amide bonds. The second-order valence-electron chi connectivity index (χ2n) is 3.17. The minimum absolute atomic E-state index is 0.428. The summed E-state index contributed by atoms with van der Waals surface area (Å²) < 4.78 is 5.01. The van der Waals surface area contributed by atoms with Gasteiger partial charge in [-0.1, -0.05) is 12.1 Å². The zero-order valence-corrected chi connectivity index (χ0v) is 9.08. The van der Waals surface area contributed by atoms with Crippen molar-refractivity contribution in [1.29, 1.82) is 0 Å². The third kappa shape index (κ3) is 3.99. The van der Waals surface area contributed by atoms with E-state index in [1.54, 1.807) is 0 Å². The molecule has 0 spiro atoms. The first kappa shape index (κ1) is 11.5. The molecule has 0 aromatic carbocycles. The Morgan fingerprint density at radius 3 is 3.00 bits per heavy atom. The van der Waals surface area contributed by atoms with Crippen molar-refractivity contribution in [3.63, 3.8) is 0 Å². The number of nitrogens with one attached hydrogen (secondary N) is 2. The van der Waals surface area contributed by atoms with Gasteiger partial charge in [0.15, 0.2) is 5.76 Å². The number of hydrogen-bond donors (Lipinski definition) is 3. The molecule has 0 unspecified atom stereocenters. The molecule has 1 aromatic rings. The third-order valence-electron chi connectivity index (χ3n) is 1.75. The number of aliphatic imine (C=N–C) groups is 1. The lowest BCUT2D eigenvalue weighted by molar-refractivity contribution is 0.381. The van der Waals surface area contributed by atoms with Crippen LogP contribution < -0.4 is 16.6 Å². The molecule has 0 saturated heterocycles. The number of nitrogens with two attached hydrogens (primary N) is 1. The first-order valence-corrected chi connectivity index (χ1v) is 4.93. The third-order valence-corrected chi connectivity index (χ3v) is 1.75. The van der Waals surface area contributed by atoms with E-state index in [1.165, 1.54) is 0 Å². The van der Waals surface area contributed by atoms with Crippen LogP contribution in [-0.2, 0) is 6.54 Å². The zero-order chi connectivity index (χ0) is 11.1. The number of aryl methyl sites for hydroxylation is 1. The summed E-state index contributed by atoms with van der Waals surface area (Å²) in [5.74, 6) is 6.58. The second-order valence-corrected chi connectivity index (χ2v) is 3.17. The van der Waals surface area contributed by atoms with Gasteiger partial charge in [0, 0.05) is 12.6 Å². The summed E-state index contributed by atoms with van der Waals surface area (Å²) >= 11 is 0. The molecule has 84 valence electrons. The van der Waals surface area contributed by atoms with Gasteiger partial charge in [-0.3, -0.25) is 5.43 Å². The highest BCUT2D eigenvalue weighted by molar-refractivity contribution is 5.79. The molecule has 0 saturated carbocycles. The topological polar surface area (TPSA) is 88.5 Å². The molecule has 0 radical (unpaired) electrons. The molecule has 0 fully saturated rings. The van der Waals surface area contributed by atoms with E-state index in [-0.39, 0.29) is 0 Å². The zero-order valence-electron chi connectivity index (χ0n) is 9.08. The molecular formula is C9H17N5O. The fraction of sp³-hybridized carbons (Fsp3) is 0.556. The largest absolute Gasteiger partial charge is 0.359 e. The molecule has 6 heteroatoms. The monoisotopic (exact) mass is 211 g/mol. The predicted molar refractivity (Wildman–Crippen MR) is 58.0 cm³/mol. The van der Waals surface area contributed by atoms with Gasteiger partial charge in [0.25, 0.3) is 0 Å². The Kier molecular flexibility index (Phi) is 4.62. The Balaban J connectivity index is 2.46. The quantitative estimate of drug-likeness (QED) is 0.288. The van der Waals surface area contributed by atoms with Crippen LogP contribution in [0.4, 0.5) is 0 Å². The number of rotatable bonds is 4. The Morgan fingerprint density at radius 2 is 2.47 bits per heavy atom. The van der Waals surface area contributed by atoms with Gasteiger partial charge in [-0.25, -0.2) is 10.8 Å². The number of hydrazine groups is 1. The summed E-state index contributed by atoms with van der Waals surface area (Å²) in [6.45, 7) is 5.20. The highest BCUT2D eigenvalue weighted by Crippen LogP contribution is 2.02. The predicted octanol–water partition coefficient (Wildman–Crippen LogP) is 0.302. The number of hydrogen-bond acceptors (Lipinski definition) is 4. The first-order valence-electron chi connectivity index (χ1n) is 4.93. The average Bonchev–Trinajstić information content (AvgIpc) is 2.65. The lowest BCUT2D eigenvalue weighted by Gasteiger charge is -2.06. The number of nitrogens with zero attached hydrogens (tertiary/aromatic N) is 2. The van der Waals surface area contributed by atoms with Gasteiger partial charge in [0.1, 0.15) is 6.54 Å². The van der Waals surface area contributed by atoms with E-state index in [9.17, 15) is 0 Å². The van der Waals surface area contributed by atoms with E-state index in [1.807, 2.05) is 13.0 Å². The van der Waals surface area contributed by atoms with E-state index < -0.39 is 0 Å².